The van der Waals surface area contributed by atoms with Crippen molar-refractivity contribution in [2.24, 2.45) is 0 Å². The zero-order valence-electron chi connectivity index (χ0n) is 7.68. The van der Waals surface area contributed by atoms with E-state index < -0.39 is 7.38 Å². The molecule has 12 heavy (non-hydrogen) atoms. The van der Waals surface area contributed by atoms with Crippen LogP contribution in [-0.2, 0) is 0 Å². The van der Waals surface area contributed by atoms with Crippen molar-refractivity contribution in [3.05, 3.63) is 30.3 Å². The maximum Gasteiger partial charge on any atom is 0.183 e. The molecule has 0 heterocycles. The van der Waals surface area contributed by atoms with E-state index >= 15 is 0 Å². The van der Waals surface area contributed by atoms with E-state index in [0.717, 1.165) is 0 Å². The maximum atomic E-state index is 6.50. The van der Waals surface area contributed by atoms with Crippen molar-refractivity contribution in [1.29, 1.82) is 0 Å². The zero-order chi connectivity index (χ0) is 9.03. The first kappa shape index (κ1) is 9.81. The maximum absolute atomic E-state index is 6.50. The second-order valence-electron chi connectivity index (χ2n) is 3.31. The lowest BCUT2D eigenvalue weighted by Crippen LogP contribution is -2.38. The molecule has 1 unspecified atom stereocenters. The molecule has 0 N–H and O–H groups in total. The SMILES string of the molecule is CCC[Si](C)(Cl)c1ccccc1. The largest absolute Gasteiger partial charge is 0.183 e. The summed E-state index contributed by atoms with van der Waals surface area (Å²) in [5.41, 5.74) is 0. The molecule has 0 radical (unpaired) electrons. The van der Waals surface area contributed by atoms with Gasteiger partial charge in [-0.25, -0.2) is 0 Å². The summed E-state index contributed by atoms with van der Waals surface area (Å²) >= 11 is 6.50. The first-order valence-electron chi connectivity index (χ1n) is 4.41. The average molecular weight is 199 g/mol. The Labute approximate surface area is 80.3 Å². The van der Waals surface area contributed by atoms with Crippen LogP contribution in [0, 0.1) is 0 Å². The van der Waals surface area contributed by atoms with E-state index in [9.17, 15) is 0 Å². The van der Waals surface area contributed by atoms with E-state index in [0.29, 0.717) is 0 Å². The van der Waals surface area contributed by atoms with E-state index in [1.165, 1.54) is 17.7 Å². The molecule has 0 amide bonds. The van der Waals surface area contributed by atoms with Crippen LogP contribution in [-0.4, -0.2) is 7.38 Å². The molecule has 1 atom stereocenters. The third kappa shape index (κ3) is 2.36. The monoisotopic (exact) mass is 198 g/mol. The standard InChI is InChI=1S/C10H15ClSi/c1-3-9-12(2,11)10-7-5-4-6-8-10/h4-8H,3,9H2,1-2H3. The topological polar surface area (TPSA) is 0 Å². The molecule has 1 aromatic rings. The molecule has 0 nitrogen and oxygen atoms in total. The van der Waals surface area contributed by atoms with E-state index in [4.69, 9.17) is 11.1 Å². The van der Waals surface area contributed by atoms with Gasteiger partial charge < -0.3 is 0 Å². The van der Waals surface area contributed by atoms with Gasteiger partial charge in [-0.1, -0.05) is 50.2 Å². The first-order chi connectivity index (χ1) is 5.67. The van der Waals surface area contributed by atoms with Gasteiger partial charge in [0.2, 0.25) is 0 Å². The molecule has 0 aromatic heterocycles. The van der Waals surface area contributed by atoms with Gasteiger partial charge in [-0.3, -0.25) is 0 Å². The third-order valence-corrected chi connectivity index (χ3v) is 6.29. The minimum atomic E-state index is -1.61. The number of hydrogen-bond acceptors (Lipinski definition) is 0. The quantitative estimate of drug-likeness (QED) is 0.517. The highest BCUT2D eigenvalue weighted by Crippen LogP contribution is 2.16. The van der Waals surface area contributed by atoms with Crippen LogP contribution >= 0.6 is 11.1 Å². The van der Waals surface area contributed by atoms with Crippen LogP contribution in [0.4, 0.5) is 0 Å². The summed E-state index contributed by atoms with van der Waals surface area (Å²) in [4.78, 5) is 0. The minimum Gasteiger partial charge on any atom is -0.161 e. The molecule has 0 bridgehead atoms. The van der Waals surface area contributed by atoms with E-state index in [-0.39, 0.29) is 0 Å². The van der Waals surface area contributed by atoms with Gasteiger partial charge in [0, 0.05) is 0 Å². The predicted molar refractivity (Wildman–Crippen MR) is 58.6 cm³/mol. The molecule has 0 aliphatic rings. The molecule has 1 rings (SSSR count). The van der Waals surface area contributed by atoms with Crippen molar-refractivity contribution < 1.29 is 0 Å². The molecule has 0 saturated carbocycles. The summed E-state index contributed by atoms with van der Waals surface area (Å²) in [6.07, 6.45) is 1.18. The Morgan fingerprint density at radius 2 is 1.83 bits per heavy atom. The van der Waals surface area contributed by atoms with Gasteiger partial charge in [-0.2, -0.15) is 11.1 Å². The summed E-state index contributed by atoms with van der Waals surface area (Å²) in [6, 6.07) is 11.6. The Bertz CT molecular complexity index is 231. The van der Waals surface area contributed by atoms with Gasteiger partial charge in [0.05, 0.1) is 0 Å². The highest BCUT2D eigenvalue weighted by molar-refractivity contribution is 7.26. The van der Waals surface area contributed by atoms with Crippen molar-refractivity contribution in [3.8, 4) is 0 Å². The van der Waals surface area contributed by atoms with Gasteiger partial charge in [-0.15, -0.1) is 0 Å². The fourth-order valence-electron chi connectivity index (χ4n) is 1.40. The molecule has 1 aromatic carbocycles. The van der Waals surface area contributed by atoms with E-state index in [1.54, 1.807) is 0 Å². The Hall–Kier alpha value is -0.273. The molecule has 2 heteroatoms. The van der Waals surface area contributed by atoms with Gasteiger partial charge in [0.25, 0.3) is 0 Å². The van der Waals surface area contributed by atoms with Crippen LogP contribution in [0.5, 0.6) is 0 Å². The average Bonchev–Trinajstić information content (AvgIpc) is 2.06. The smallest absolute Gasteiger partial charge is 0.161 e. The predicted octanol–water partition coefficient (Wildman–Crippen LogP) is 3.12. The summed E-state index contributed by atoms with van der Waals surface area (Å²) in [6.45, 7) is 4.41. The number of halogens is 1. The lowest BCUT2D eigenvalue weighted by atomic mass is 10.4. The molecule has 0 aliphatic carbocycles. The Kier molecular flexibility index (Phi) is 3.36. The van der Waals surface area contributed by atoms with Crippen LogP contribution in [0.3, 0.4) is 0 Å². The number of benzene rings is 1. The van der Waals surface area contributed by atoms with Crippen molar-refractivity contribution in [2.45, 2.75) is 25.9 Å². The second kappa shape index (κ2) is 4.10. The molecular formula is C10H15ClSi. The van der Waals surface area contributed by atoms with E-state index in [2.05, 4.69) is 37.7 Å². The minimum absolute atomic E-state index is 1.17. The first-order valence-corrected chi connectivity index (χ1v) is 8.13. The number of rotatable bonds is 3. The number of hydrogen-bond donors (Lipinski definition) is 0. The Balaban J connectivity index is 2.82. The Morgan fingerprint density at radius 3 is 2.33 bits per heavy atom. The fraction of sp³-hybridized carbons (Fsp3) is 0.400. The highest BCUT2D eigenvalue weighted by atomic mass is 35.6. The molecule has 0 saturated heterocycles. The van der Waals surface area contributed by atoms with Crippen LogP contribution < -0.4 is 5.19 Å². The normalized spacial score (nSPS) is 15.6. The zero-order valence-corrected chi connectivity index (χ0v) is 9.43. The van der Waals surface area contributed by atoms with Crippen molar-refractivity contribution in [1.82, 2.24) is 0 Å². The van der Waals surface area contributed by atoms with E-state index in [1.807, 2.05) is 6.07 Å². The second-order valence-corrected chi connectivity index (χ2v) is 9.29. The molecule has 0 aliphatic heterocycles. The van der Waals surface area contributed by atoms with Crippen LogP contribution in [0.2, 0.25) is 12.6 Å². The van der Waals surface area contributed by atoms with Crippen LogP contribution in [0.25, 0.3) is 0 Å². The molecule has 66 valence electrons. The van der Waals surface area contributed by atoms with Crippen LogP contribution in [0.15, 0.2) is 30.3 Å². The highest BCUT2D eigenvalue weighted by Gasteiger charge is 2.24. The molecular weight excluding hydrogens is 184 g/mol. The fourth-order valence-corrected chi connectivity index (χ4v) is 4.46. The lowest BCUT2D eigenvalue weighted by Gasteiger charge is -2.18. The summed E-state index contributed by atoms with van der Waals surface area (Å²) in [5, 5.41) is 1.36. The summed E-state index contributed by atoms with van der Waals surface area (Å²) in [5.74, 6) is 0. The summed E-state index contributed by atoms with van der Waals surface area (Å²) < 4.78 is 0. The summed E-state index contributed by atoms with van der Waals surface area (Å²) in [7, 11) is -1.61. The van der Waals surface area contributed by atoms with Gasteiger partial charge in [0.15, 0.2) is 7.38 Å². The van der Waals surface area contributed by atoms with Crippen molar-refractivity contribution in [3.63, 3.8) is 0 Å². The Morgan fingerprint density at radius 1 is 1.25 bits per heavy atom. The van der Waals surface area contributed by atoms with Gasteiger partial charge in [0.1, 0.15) is 0 Å². The lowest BCUT2D eigenvalue weighted by molar-refractivity contribution is 1.06. The van der Waals surface area contributed by atoms with Crippen LogP contribution in [0.1, 0.15) is 13.3 Å². The van der Waals surface area contributed by atoms with Gasteiger partial charge >= 0.3 is 0 Å². The molecule has 0 spiro atoms. The molecule has 0 fully saturated rings. The van der Waals surface area contributed by atoms with Gasteiger partial charge in [-0.05, 0) is 11.2 Å². The van der Waals surface area contributed by atoms with Crippen molar-refractivity contribution in [2.75, 3.05) is 0 Å². The third-order valence-electron chi connectivity index (χ3n) is 2.10. The van der Waals surface area contributed by atoms with Crippen molar-refractivity contribution >= 4 is 23.6 Å².